The van der Waals surface area contributed by atoms with Crippen LogP contribution in [0.15, 0.2) is 67.0 Å². The van der Waals surface area contributed by atoms with E-state index in [2.05, 4.69) is 43.8 Å². The minimum atomic E-state index is -1.00. The van der Waals surface area contributed by atoms with Crippen molar-refractivity contribution in [3.8, 4) is 5.69 Å². The summed E-state index contributed by atoms with van der Waals surface area (Å²) in [5.41, 5.74) is 3.19. The van der Waals surface area contributed by atoms with Gasteiger partial charge in [0.2, 0.25) is 5.91 Å². The van der Waals surface area contributed by atoms with Crippen LogP contribution in [0.5, 0.6) is 0 Å². The third-order valence-electron chi connectivity index (χ3n) is 8.66. The number of aromatic nitrogens is 4. The minimum absolute atomic E-state index is 0.0130. The summed E-state index contributed by atoms with van der Waals surface area (Å²) < 4.78 is 22.0. The molecule has 1 fully saturated rings. The lowest BCUT2D eigenvalue weighted by atomic mass is 9.89. The van der Waals surface area contributed by atoms with Crippen LogP contribution in [0.2, 0.25) is 5.02 Å². The van der Waals surface area contributed by atoms with E-state index in [1.807, 2.05) is 12.1 Å². The number of hydrogen-bond acceptors (Lipinski definition) is 9. The first-order valence-corrected chi connectivity index (χ1v) is 16.7. The van der Waals surface area contributed by atoms with Crippen LogP contribution < -0.4 is 10.2 Å². The fourth-order valence-corrected chi connectivity index (χ4v) is 6.35. The molecule has 4 aromatic rings. The Morgan fingerprint density at radius 1 is 0.980 bits per heavy atom. The fraction of sp³-hybridized carbons (Fsp3) is 0.333. The first-order chi connectivity index (χ1) is 23.9. The number of hydrogen-bond donors (Lipinski definition) is 1. The van der Waals surface area contributed by atoms with Crippen LogP contribution in [0, 0.1) is 5.82 Å². The number of nitrogens with one attached hydrogen (secondary N) is 1. The first kappa shape index (κ1) is 34.7. The van der Waals surface area contributed by atoms with Gasteiger partial charge in [0, 0.05) is 55.7 Å². The van der Waals surface area contributed by atoms with Crippen LogP contribution in [-0.2, 0) is 20.7 Å². The molecule has 1 aromatic heterocycles. The fourth-order valence-electron chi connectivity index (χ4n) is 6.19. The number of tetrazole rings is 1. The number of piperazine rings is 1. The second-order valence-electron chi connectivity index (χ2n) is 13.3. The lowest BCUT2D eigenvalue weighted by Crippen LogP contribution is -2.47. The van der Waals surface area contributed by atoms with Gasteiger partial charge < -0.3 is 24.8 Å². The summed E-state index contributed by atoms with van der Waals surface area (Å²) >= 11 is 6.10. The molecule has 260 valence electrons. The third kappa shape index (κ3) is 7.53. The summed E-state index contributed by atoms with van der Waals surface area (Å²) in [4.78, 5) is 46.8. The Morgan fingerprint density at radius 2 is 1.72 bits per heavy atom. The van der Waals surface area contributed by atoms with Gasteiger partial charge in [-0.15, -0.1) is 5.10 Å². The van der Waals surface area contributed by atoms with E-state index in [1.165, 1.54) is 34.1 Å². The highest BCUT2D eigenvalue weighted by atomic mass is 35.5. The normalized spacial score (nSPS) is 16.7. The molecule has 1 unspecified atom stereocenters. The molecule has 2 amide bonds. The summed E-state index contributed by atoms with van der Waals surface area (Å²) in [5, 5.41) is 13.9. The van der Waals surface area contributed by atoms with E-state index in [4.69, 9.17) is 16.3 Å². The van der Waals surface area contributed by atoms with Crippen molar-refractivity contribution in [1.82, 2.24) is 30.0 Å². The molecular formula is C36H38ClFN8O4. The van der Waals surface area contributed by atoms with Gasteiger partial charge in [0.05, 0.1) is 16.3 Å². The standard InChI is InChI=1S/C36H38ClFN8O4/c1-36(2,3)50-35(49)23-8-10-24(11-9-23)40-34(48)33-26-6-5-7-29(44-20-18-43(4)19-21-44)25(26)16-17-45(33)31(47)15-12-27-30(46-22-39-41-42-46)14-13-28(37)32(27)38/h5-15,22,33H,16-21H2,1-4H3,(H,40,48)/b15-12+. The average Bonchev–Trinajstić information content (AvgIpc) is 3.63. The van der Waals surface area contributed by atoms with E-state index in [0.29, 0.717) is 23.2 Å². The van der Waals surface area contributed by atoms with Crippen molar-refractivity contribution in [1.29, 1.82) is 0 Å². The number of rotatable bonds is 7. The summed E-state index contributed by atoms with van der Waals surface area (Å²) in [6.07, 6.45) is 4.38. The molecule has 3 heterocycles. The summed E-state index contributed by atoms with van der Waals surface area (Å²) in [5.74, 6) is -2.15. The predicted molar refractivity (Wildman–Crippen MR) is 188 cm³/mol. The summed E-state index contributed by atoms with van der Waals surface area (Å²) in [7, 11) is 2.09. The Morgan fingerprint density at radius 3 is 2.40 bits per heavy atom. The monoisotopic (exact) mass is 700 g/mol. The Labute approximate surface area is 294 Å². The molecule has 2 aliphatic heterocycles. The lowest BCUT2D eigenvalue weighted by Gasteiger charge is -2.40. The Balaban J connectivity index is 1.32. The van der Waals surface area contributed by atoms with Gasteiger partial charge in [0.1, 0.15) is 18.0 Å². The number of carbonyl (C=O) groups is 3. The van der Waals surface area contributed by atoms with E-state index in [-0.39, 0.29) is 22.8 Å². The molecule has 0 radical (unpaired) electrons. The third-order valence-corrected chi connectivity index (χ3v) is 8.95. The van der Waals surface area contributed by atoms with Gasteiger partial charge in [0.25, 0.3) is 5.91 Å². The van der Waals surface area contributed by atoms with Gasteiger partial charge in [-0.1, -0.05) is 23.7 Å². The van der Waals surface area contributed by atoms with Crippen LogP contribution in [-0.4, -0.2) is 93.2 Å². The molecule has 3 aromatic carbocycles. The van der Waals surface area contributed by atoms with E-state index in [1.54, 1.807) is 51.1 Å². The first-order valence-electron chi connectivity index (χ1n) is 16.3. The van der Waals surface area contributed by atoms with Gasteiger partial charge in [-0.3, -0.25) is 9.59 Å². The van der Waals surface area contributed by atoms with E-state index >= 15 is 4.39 Å². The number of esters is 1. The van der Waals surface area contributed by atoms with Crippen molar-refractivity contribution in [2.24, 2.45) is 0 Å². The number of amides is 2. The van der Waals surface area contributed by atoms with Crippen molar-refractivity contribution < 1.29 is 23.5 Å². The molecule has 0 saturated carbocycles. The van der Waals surface area contributed by atoms with Gasteiger partial charge in [-0.25, -0.2) is 9.18 Å². The predicted octanol–water partition coefficient (Wildman–Crippen LogP) is 4.94. The second kappa shape index (κ2) is 14.4. The van der Waals surface area contributed by atoms with Gasteiger partial charge >= 0.3 is 5.97 Å². The quantitative estimate of drug-likeness (QED) is 0.211. The number of fused-ring (bicyclic) bond motifs is 1. The minimum Gasteiger partial charge on any atom is -0.456 e. The highest BCUT2D eigenvalue weighted by Gasteiger charge is 2.37. The Bertz CT molecular complexity index is 1920. The number of ether oxygens (including phenoxy) is 1. The Kier molecular flexibility index (Phi) is 9.98. The van der Waals surface area contributed by atoms with Crippen molar-refractivity contribution in [2.75, 3.05) is 50.0 Å². The SMILES string of the molecule is CN1CCN(c2cccc3c2CCN(C(=O)/C=C/c2c(-n4cnnn4)ccc(Cl)c2F)C3C(=O)Nc2ccc(C(=O)OC(C)(C)C)cc2)CC1. The van der Waals surface area contributed by atoms with Gasteiger partial charge in [-0.05, 0) is 104 Å². The molecule has 0 aliphatic carbocycles. The lowest BCUT2D eigenvalue weighted by molar-refractivity contribution is -0.135. The number of benzene rings is 3. The molecule has 1 atom stereocenters. The van der Waals surface area contributed by atoms with Gasteiger partial charge in [0.15, 0.2) is 5.82 Å². The highest BCUT2D eigenvalue weighted by Crippen LogP contribution is 2.37. The van der Waals surface area contributed by atoms with Crippen molar-refractivity contribution >= 4 is 46.8 Å². The molecule has 0 bridgehead atoms. The zero-order valence-corrected chi connectivity index (χ0v) is 29.0. The number of anilines is 2. The highest BCUT2D eigenvalue weighted by molar-refractivity contribution is 6.31. The topological polar surface area (TPSA) is 126 Å². The van der Waals surface area contributed by atoms with Crippen molar-refractivity contribution in [2.45, 2.75) is 38.8 Å². The maximum Gasteiger partial charge on any atom is 0.338 e. The second-order valence-corrected chi connectivity index (χ2v) is 13.7. The zero-order valence-electron chi connectivity index (χ0n) is 28.3. The number of carbonyl (C=O) groups excluding carboxylic acids is 3. The molecule has 2 aliphatic rings. The largest absolute Gasteiger partial charge is 0.456 e. The molecule has 12 nitrogen and oxygen atoms in total. The molecule has 6 rings (SSSR count). The van der Waals surface area contributed by atoms with Crippen LogP contribution in [0.25, 0.3) is 11.8 Å². The summed E-state index contributed by atoms with van der Waals surface area (Å²) in [6, 6.07) is 14.2. The number of likely N-dealkylation sites (N-methyl/N-ethyl adjacent to an activating group) is 1. The van der Waals surface area contributed by atoms with E-state index < -0.39 is 35.2 Å². The van der Waals surface area contributed by atoms with Crippen LogP contribution in [0.4, 0.5) is 15.8 Å². The van der Waals surface area contributed by atoms with Crippen molar-refractivity contribution in [3.63, 3.8) is 0 Å². The molecule has 1 N–H and O–H groups in total. The van der Waals surface area contributed by atoms with E-state index in [9.17, 15) is 14.4 Å². The zero-order chi connectivity index (χ0) is 35.6. The maximum absolute atomic E-state index is 15.3. The molecule has 0 spiro atoms. The van der Waals surface area contributed by atoms with Gasteiger partial charge in [-0.2, -0.15) is 4.68 Å². The molecule has 50 heavy (non-hydrogen) atoms. The van der Waals surface area contributed by atoms with Crippen molar-refractivity contribution in [3.05, 3.63) is 100 Å². The summed E-state index contributed by atoms with van der Waals surface area (Å²) in [6.45, 7) is 9.12. The maximum atomic E-state index is 15.3. The molecular weight excluding hydrogens is 663 g/mol. The van der Waals surface area contributed by atoms with Crippen LogP contribution in [0.3, 0.4) is 0 Å². The smallest absolute Gasteiger partial charge is 0.338 e. The van der Waals surface area contributed by atoms with E-state index in [0.717, 1.165) is 37.4 Å². The van der Waals surface area contributed by atoms with Crippen LogP contribution in [0.1, 0.15) is 53.9 Å². The average molecular weight is 701 g/mol. The molecule has 14 heteroatoms. The number of halogens is 2. The van der Waals surface area contributed by atoms with Crippen LogP contribution >= 0.6 is 11.6 Å². The molecule has 1 saturated heterocycles. The Hall–Kier alpha value is -5.14. The number of nitrogens with zero attached hydrogens (tertiary/aromatic N) is 7.